The second kappa shape index (κ2) is 9.83. The predicted octanol–water partition coefficient (Wildman–Crippen LogP) is 3.44. The fraction of sp³-hybridized carbons (Fsp3) is 0.500. The largest absolute Gasteiger partial charge is 0.417 e. The summed E-state index contributed by atoms with van der Waals surface area (Å²) in [6, 6.07) is 8.33. The minimum Gasteiger partial charge on any atom is -0.417 e. The van der Waals surface area contributed by atoms with E-state index in [1.54, 1.807) is 33.9 Å². The Morgan fingerprint density at radius 3 is 2.67 bits per heavy atom. The summed E-state index contributed by atoms with van der Waals surface area (Å²) in [6.07, 6.45) is 1.43. The maximum atomic E-state index is 14.2. The molecule has 2 aliphatic heterocycles. The quantitative estimate of drug-likeness (QED) is 0.553. The fourth-order valence-electron chi connectivity index (χ4n) is 4.50. The van der Waals surface area contributed by atoms with Crippen molar-refractivity contribution < 1.29 is 33.1 Å². The summed E-state index contributed by atoms with van der Waals surface area (Å²) in [5, 5.41) is 8.71. The van der Waals surface area contributed by atoms with Gasteiger partial charge in [0.25, 0.3) is 5.91 Å². The zero-order valence-electron chi connectivity index (χ0n) is 20.7. The lowest BCUT2D eigenvalue weighted by Crippen LogP contribution is -2.60. The first-order chi connectivity index (χ1) is 17.1. The molecule has 0 bridgehead atoms. The summed E-state index contributed by atoms with van der Waals surface area (Å²) >= 11 is 0. The summed E-state index contributed by atoms with van der Waals surface area (Å²) in [5.41, 5.74) is -0.345. The predicted molar refractivity (Wildman–Crippen MR) is 128 cm³/mol. The average Bonchev–Trinajstić information content (AvgIpc) is 3.41. The van der Waals surface area contributed by atoms with E-state index in [9.17, 15) is 18.8 Å². The van der Waals surface area contributed by atoms with Crippen molar-refractivity contribution in [1.82, 2.24) is 10.3 Å². The Balaban J connectivity index is 1.58. The number of esters is 2. The van der Waals surface area contributed by atoms with Gasteiger partial charge in [0.15, 0.2) is 6.67 Å². The number of halogens is 1. The molecule has 1 saturated heterocycles. The molecular formula is C26H30FN3O6. The summed E-state index contributed by atoms with van der Waals surface area (Å²) in [7, 11) is 0. The van der Waals surface area contributed by atoms with Gasteiger partial charge in [-0.3, -0.25) is 19.4 Å². The third kappa shape index (κ3) is 4.64. The zero-order chi connectivity index (χ0) is 26.1. The molecule has 1 N–H and O–H groups in total. The summed E-state index contributed by atoms with van der Waals surface area (Å²) in [5.74, 6) is -4.74. The second-order valence-electron chi connectivity index (χ2n) is 9.95. The van der Waals surface area contributed by atoms with Crippen LogP contribution in [0.3, 0.4) is 0 Å². The average molecular weight is 500 g/mol. The Kier molecular flexibility index (Phi) is 6.97. The van der Waals surface area contributed by atoms with Gasteiger partial charge in [0, 0.05) is 30.3 Å². The highest BCUT2D eigenvalue weighted by molar-refractivity contribution is 6.11. The number of alkyl halides is 1. The number of carbonyl (C=O) groups excluding carboxylic acids is 3. The number of cyclic esters (lactones) is 1. The number of hydrogen-bond donors (Lipinski definition) is 1. The third-order valence-corrected chi connectivity index (χ3v) is 6.55. The van der Waals surface area contributed by atoms with Crippen LogP contribution < -0.4 is 5.32 Å². The second-order valence-corrected chi connectivity index (χ2v) is 9.95. The normalized spacial score (nSPS) is 25.6. The van der Waals surface area contributed by atoms with E-state index in [0.717, 1.165) is 10.8 Å². The molecule has 0 unspecified atom stereocenters. The highest BCUT2D eigenvalue weighted by Crippen LogP contribution is 2.37. The van der Waals surface area contributed by atoms with Crippen LogP contribution in [0, 0.1) is 11.8 Å². The van der Waals surface area contributed by atoms with Crippen molar-refractivity contribution in [2.45, 2.75) is 64.4 Å². The number of fused-ring (bicyclic) bond motifs is 1. The Hall–Kier alpha value is -3.56. The first kappa shape index (κ1) is 25.5. The Bertz CT molecular complexity index is 1210. The molecule has 0 saturated carbocycles. The number of aromatic nitrogens is 1. The molecule has 9 nitrogen and oxygen atoms in total. The van der Waals surface area contributed by atoms with Gasteiger partial charge < -0.3 is 19.6 Å². The number of nitrogens with zero attached hydrogens (tertiary/aromatic N) is 2. The Morgan fingerprint density at radius 1 is 1.22 bits per heavy atom. The number of benzene rings is 1. The van der Waals surface area contributed by atoms with Crippen LogP contribution in [0.5, 0.6) is 0 Å². The molecule has 0 spiro atoms. The van der Waals surface area contributed by atoms with Crippen LogP contribution in [0.2, 0.25) is 0 Å². The van der Waals surface area contributed by atoms with E-state index in [-0.39, 0.29) is 31.1 Å². The number of ether oxygens (including phenoxy) is 2. The molecule has 3 heterocycles. The lowest BCUT2D eigenvalue weighted by atomic mass is 9.83. The highest BCUT2D eigenvalue weighted by Gasteiger charge is 2.57. The van der Waals surface area contributed by atoms with E-state index in [4.69, 9.17) is 14.3 Å². The van der Waals surface area contributed by atoms with E-state index >= 15 is 0 Å². The number of oxime groups is 1. The molecule has 0 aliphatic carbocycles. The molecule has 1 aromatic carbocycles. The molecule has 2 aromatic rings. The minimum atomic E-state index is -2.23. The molecule has 36 heavy (non-hydrogen) atoms. The van der Waals surface area contributed by atoms with Crippen LogP contribution in [-0.2, 0) is 28.7 Å². The summed E-state index contributed by atoms with van der Waals surface area (Å²) in [6.45, 7) is 5.90. The number of rotatable bonds is 8. The van der Waals surface area contributed by atoms with Crippen molar-refractivity contribution in [2.24, 2.45) is 17.0 Å². The van der Waals surface area contributed by atoms with Crippen molar-refractivity contribution >= 4 is 34.3 Å². The van der Waals surface area contributed by atoms with Gasteiger partial charge in [0.05, 0.1) is 12.1 Å². The van der Waals surface area contributed by atoms with Crippen molar-refractivity contribution in [3.63, 3.8) is 0 Å². The van der Waals surface area contributed by atoms with Crippen LogP contribution in [0.25, 0.3) is 10.8 Å². The fourth-order valence-corrected chi connectivity index (χ4v) is 4.50. The SMILES string of the molecule is CC(C)CC(=O)O[C@@]1(CF)OC(=O)C[C@@H]1NC(=O)[C@]1(C(C)C)CC(c2nccc3ccccc23)=NO1. The number of pyridine rings is 1. The molecule has 1 fully saturated rings. The van der Waals surface area contributed by atoms with Crippen LogP contribution in [0.1, 0.15) is 52.7 Å². The molecular weight excluding hydrogens is 469 g/mol. The zero-order valence-corrected chi connectivity index (χ0v) is 20.7. The van der Waals surface area contributed by atoms with Gasteiger partial charge in [0.2, 0.25) is 5.60 Å². The summed E-state index contributed by atoms with van der Waals surface area (Å²) < 4.78 is 24.6. The van der Waals surface area contributed by atoms with Gasteiger partial charge in [-0.1, -0.05) is 57.1 Å². The van der Waals surface area contributed by atoms with E-state index in [1.165, 1.54) is 0 Å². The van der Waals surface area contributed by atoms with E-state index in [1.807, 2.05) is 30.3 Å². The van der Waals surface area contributed by atoms with Crippen molar-refractivity contribution in [1.29, 1.82) is 0 Å². The highest BCUT2D eigenvalue weighted by atomic mass is 19.1. The van der Waals surface area contributed by atoms with Crippen molar-refractivity contribution in [3.05, 3.63) is 42.2 Å². The van der Waals surface area contributed by atoms with Crippen LogP contribution in [0.15, 0.2) is 41.7 Å². The molecule has 10 heteroatoms. The molecule has 1 amide bonds. The lowest BCUT2D eigenvalue weighted by molar-refractivity contribution is -0.226. The van der Waals surface area contributed by atoms with Crippen LogP contribution in [0.4, 0.5) is 4.39 Å². The van der Waals surface area contributed by atoms with Crippen molar-refractivity contribution in [2.75, 3.05) is 6.67 Å². The Morgan fingerprint density at radius 2 is 1.97 bits per heavy atom. The number of nitrogens with one attached hydrogen (secondary N) is 1. The van der Waals surface area contributed by atoms with Gasteiger partial charge in [-0.05, 0) is 17.4 Å². The Labute approximate surface area is 208 Å². The monoisotopic (exact) mass is 499 g/mol. The van der Waals surface area contributed by atoms with Crippen molar-refractivity contribution in [3.8, 4) is 0 Å². The standard InChI is InChI=1S/C26H30FN3O6/c1-15(2)11-21(31)34-26(14-27)20(12-22(32)35-26)29-24(33)25(16(3)4)13-19(30-36-25)23-18-8-6-5-7-17(18)9-10-28-23/h5-10,15-16,20H,11-14H2,1-4H3,(H,29,33)/t20-,25+,26-/m0/s1. The smallest absolute Gasteiger partial charge is 0.311 e. The molecule has 1 aromatic heterocycles. The van der Waals surface area contributed by atoms with Gasteiger partial charge in [-0.15, -0.1) is 0 Å². The molecule has 2 aliphatic rings. The minimum absolute atomic E-state index is 0.00818. The topological polar surface area (TPSA) is 116 Å². The van der Waals surface area contributed by atoms with E-state index in [0.29, 0.717) is 11.4 Å². The maximum Gasteiger partial charge on any atom is 0.311 e. The molecule has 0 radical (unpaired) electrons. The van der Waals surface area contributed by atoms with E-state index in [2.05, 4.69) is 15.5 Å². The maximum absolute atomic E-state index is 14.2. The van der Waals surface area contributed by atoms with Crippen LogP contribution >= 0.6 is 0 Å². The van der Waals surface area contributed by atoms with E-state index < -0.39 is 42.0 Å². The van der Waals surface area contributed by atoms with Gasteiger partial charge in [-0.2, -0.15) is 0 Å². The number of hydrogen-bond acceptors (Lipinski definition) is 8. The van der Waals surface area contributed by atoms with Gasteiger partial charge >= 0.3 is 17.7 Å². The molecule has 4 rings (SSSR count). The third-order valence-electron chi connectivity index (χ3n) is 6.55. The number of carbonyl (C=O) groups is 3. The summed E-state index contributed by atoms with van der Waals surface area (Å²) in [4.78, 5) is 48.3. The van der Waals surface area contributed by atoms with Crippen LogP contribution in [-0.4, -0.2) is 52.6 Å². The lowest BCUT2D eigenvalue weighted by Gasteiger charge is -2.34. The molecule has 3 atom stereocenters. The first-order valence-electron chi connectivity index (χ1n) is 12.0. The first-order valence-corrected chi connectivity index (χ1v) is 12.0. The van der Waals surface area contributed by atoms with Gasteiger partial charge in [0.1, 0.15) is 11.8 Å². The number of amides is 1. The molecule has 192 valence electrons. The van der Waals surface area contributed by atoms with Gasteiger partial charge in [-0.25, -0.2) is 4.39 Å².